The van der Waals surface area contributed by atoms with E-state index in [4.69, 9.17) is 15.9 Å². The summed E-state index contributed by atoms with van der Waals surface area (Å²) in [4.78, 5) is 0. The van der Waals surface area contributed by atoms with Gasteiger partial charge in [-0.05, 0) is 43.9 Å². The van der Waals surface area contributed by atoms with Gasteiger partial charge in [0.25, 0.3) is 6.02 Å². The monoisotopic (exact) mass is 268 g/mol. The highest BCUT2D eigenvalue weighted by atomic mass is 16.5. The molecule has 1 atom stereocenters. The Bertz CT molecular complexity index is 317. The van der Waals surface area contributed by atoms with Gasteiger partial charge in [0, 0.05) is 0 Å². The molecule has 0 saturated heterocycles. The lowest BCUT2D eigenvalue weighted by atomic mass is 9.80. The van der Waals surface area contributed by atoms with Crippen molar-refractivity contribution in [3.63, 3.8) is 0 Å². The Balaban J connectivity index is 4.53. The zero-order valence-electron chi connectivity index (χ0n) is 13.7. The smallest absolute Gasteiger partial charge is 0.279 e. The molecule has 0 bridgehead atoms. The third kappa shape index (κ3) is 9.57. The summed E-state index contributed by atoms with van der Waals surface area (Å²) in [6.45, 7) is 15.1. The number of nitrogens with one attached hydrogen (secondary N) is 1. The van der Waals surface area contributed by atoms with Crippen molar-refractivity contribution in [2.75, 3.05) is 0 Å². The fourth-order valence-corrected chi connectivity index (χ4v) is 2.74. The summed E-state index contributed by atoms with van der Waals surface area (Å²) in [7, 11) is 0. The van der Waals surface area contributed by atoms with Crippen molar-refractivity contribution in [1.29, 1.82) is 5.41 Å². The summed E-state index contributed by atoms with van der Waals surface area (Å²) in [5, 5.41) is 7.24. The summed E-state index contributed by atoms with van der Waals surface area (Å²) < 4.78 is 5.37. The second kappa shape index (κ2) is 6.97. The molecule has 3 nitrogen and oxygen atoms in total. The molecule has 0 heterocycles. The predicted octanol–water partition coefficient (Wildman–Crippen LogP) is 4.33. The van der Waals surface area contributed by atoms with Crippen LogP contribution < -0.4 is 5.73 Å². The molecule has 112 valence electrons. The van der Waals surface area contributed by atoms with Crippen molar-refractivity contribution in [1.82, 2.24) is 0 Å². The number of nitrogens with two attached hydrogens (primary N) is 1. The first kappa shape index (κ1) is 18.0. The van der Waals surface area contributed by atoms with Crippen LogP contribution in [0, 0.1) is 22.7 Å². The van der Waals surface area contributed by atoms with Gasteiger partial charge in [-0.15, -0.1) is 0 Å². The van der Waals surface area contributed by atoms with Crippen molar-refractivity contribution in [2.24, 2.45) is 23.0 Å². The summed E-state index contributed by atoms with van der Waals surface area (Å²) >= 11 is 0. The standard InChI is InChI=1S/C16H32N2O/c1-12(2)10-13(3)8-9-15(4,5)11-16(6,7)19-14(17)18/h8-9,12-13H,10-11H2,1-7H3,(H3,17,18)/b9-8+. The number of rotatable bonds is 7. The average Bonchev–Trinajstić information content (AvgIpc) is 2.09. The summed E-state index contributed by atoms with van der Waals surface area (Å²) in [6, 6.07) is -0.210. The third-order valence-corrected chi connectivity index (χ3v) is 2.99. The average molecular weight is 268 g/mol. The molecule has 0 aliphatic carbocycles. The zero-order valence-corrected chi connectivity index (χ0v) is 13.7. The van der Waals surface area contributed by atoms with Crippen LogP contribution in [0.25, 0.3) is 0 Å². The third-order valence-electron chi connectivity index (χ3n) is 2.99. The van der Waals surface area contributed by atoms with Crippen molar-refractivity contribution >= 4 is 6.02 Å². The minimum atomic E-state index is -0.416. The molecule has 0 radical (unpaired) electrons. The number of ether oxygens (including phenoxy) is 1. The van der Waals surface area contributed by atoms with Gasteiger partial charge < -0.3 is 10.5 Å². The van der Waals surface area contributed by atoms with E-state index in [0.717, 1.165) is 12.3 Å². The Labute approximate surface area is 119 Å². The normalized spacial score (nSPS) is 14.9. The Morgan fingerprint density at radius 2 is 1.74 bits per heavy atom. The van der Waals surface area contributed by atoms with E-state index >= 15 is 0 Å². The lowest BCUT2D eigenvalue weighted by molar-refractivity contribution is 0.0544. The summed E-state index contributed by atoms with van der Waals surface area (Å²) in [5.74, 6) is 1.32. The molecule has 0 saturated carbocycles. The Kier molecular flexibility index (Phi) is 6.61. The number of hydrogen-bond acceptors (Lipinski definition) is 2. The maximum atomic E-state index is 7.24. The van der Waals surface area contributed by atoms with E-state index in [2.05, 4.69) is 46.8 Å². The molecular formula is C16H32N2O. The van der Waals surface area contributed by atoms with Gasteiger partial charge in [0.1, 0.15) is 5.60 Å². The lowest BCUT2D eigenvalue weighted by Crippen LogP contribution is -2.35. The van der Waals surface area contributed by atoms with Crippen molar-refractivity contribution in [3.8, 4) is 0 Å². The lowest BCUT2D eigenvalue weighted by Gasteiger charge is -2.33. The first-order valence-electron chi connectivity index (χ1n) is 7.16. The fraction of sp³-hybridized carbons (Fsp3) is 0.812. The maximum Gasteiger partial charge on any atom is 0.279 e. The van der Waals surface area contributed by atoms with E-state index in [1.807, 2.05) is 13.8 Å². The molecule has 0 rings (SSSR count). The maximum absolute atomic E-state index is 7.24. The van der Waals surface area contributed by atoms with Crippen LogP contribution in [0.4, 0.5) is 0 Å². The quantitative estimate of drug-likeness (QED) is 0.410. The molecule has 0 amide bonds. The molecule has 3 heteroatoms. The van der Waals surface area contributed by atoms with Crippen molar-refractivity contribution in [3.05, 3.63) is 12.2 Å². The van der Waals surface area contributed by atoms with E-state index in [-0.39, 0.29) is 11.4 Å². The van der Waals surface area contributed by atoms with Crippen LogP contribution in [0.5, 0.6) is 0 Å². The highest BCUT2D eigenvalue weighted by molar-refractivity contribution is 5.67. The summed E-state index contributed by atoms with van der Waals surface area (Å²) in [6.07, 6.45) is 6.60. The first-order chi connectivity index (χ1) is 8.43. The van der Waals surface area contributed by atoms with E-state index in [1.54, 1.807) is 0 Å². The van der Waals surface area contributed by atoms with Gasteiger partial charge in [0.2, 0.25) is 0 Å². The van der Waals surface area contributed by atoms with Crippen LogP contribution in [0.2, 0.25) is 0 Å². The second-order valence-corrected chi connectivity index (χ2v) is 7.36. The number of allylic oxidation sites excluding steroid dienone is 2. The van der Waals surface area contributed by atoms with Crippen molar-refractivity contribution in [2.45, 2.75) is 66.9 Å². The van der Waals surface area contributed by atoms with E-state index in [9.17, 15) is 0 Å². The molecule has 0 aromatic carbocycles. The Morgan fingerprint density at radius 3 is 2.16 bits per heavy atom. The Morgan fingerprint density at radius 1 is 1.21 bits per heavy atom. The van der Waals surface area contributed by atoms with Gasteiger partial charge in [0.05, 0.1) is 0 Å². The van der Waals surface area contributed by atoms with Crippen LogP contribution in [0.3, 0.4) is 0 Å². The van der Waals surface area contributed by atoms with Gasteiger partial charge in [0.15, 0.2) is 0 Å². The molecule has 0 spiro atoms. The topological polar surface area (TPSA) is 59.1 Å². The second-order valence-electron chi connectivity index (χ2n) is 7.36. The largest absolute Gasteiger partial charge is 0.460 e. The van der Waals surface area contributed by atoms with Crippen LogP contribution >= 0.6 is 0 Å². The van der Waals surface area contributed by atoms with Gasteiger partial charge >= 0.3 is 0 Å². The van der Waals surface area contributed by atoms with Crippen LogP contribution in [0.15, 0.2) is 12.2 Å². The predicted molar refractivity (Wildman–Crippen MR) is 83.2 cm³/mol. The number of amidine groups is 1. The molecule has 0 aromatic heterocycles. The van der Waals surface area contributed by atoms with E-state index in [0.29, 0.717) is 5.92 Å². The molecule has 19 heavy (non-hydrogen) atoms. The molecule has 0 aliphatic rings. The van der Waals surface area contributed by atoms with Crippen molar-refractivity contribution < 1.29 is 4.74 Å². The molecule has 0 aliphatic heterocycles. The molecule has 3 N–H and O–H groups in total. The minimum Gasteiger partial charge on any atom is -0.460 e. The highest BCUT2D eigenvalue weighted by Gasteiger charge is 2.29. The van der Waals surface area contributed by atoms with Crippen LogP contribution in [-0.2, 0) is 4.74 Å². The van der Waals surface area contributed by atoms with E-state index in [1.165, 1.54) is 6.42 Å². The van der Waals surface area contributed by atoms with E-state index < -0.39 is 5.60 Å². The minimum absolute atomic E-state index is 0.0319. The van der Waals surface area contributed by atoms with Gasteiger partial charge in [-0.1, -0.05) is 46.8 Å². The highest BCUT2D eigenvalue weighted by Crippen LogP contribution is 2.32. The molecule has 0 fully saturated rings. The number of hydrogen-bond donors (Lipinski definition) is 2. The molecular weight excluding hydrogens is 236 g/mol. The first-order valence-corrected chi connectivity index (χ1v) is 7.16. The van der Waals surface area contributed by atoms with Gasteiger partial charge in [-0.2, -0.15) is 0 Å². The zero-order chi connectivity index (χ0) is 15.3. The van der Waals surface area contributed by atoms with Gasteiger partial charge in [-0.3, -0.25) is 5.41 Å². The summed E-state index contributed by atoms with van der Waals surface area (Å²) in [5.41, 5.74) is 4.93. The SMILES string of the molecule is CC(C)CC(C)/C=C/C(C)(C)CC(C)(C)OC(=N)N. The van der Waals surface area contributed by atoms with Crippen LogP contribution in [-0.4, -0.2) is 11.6 Å². The molecule has 1 unspecified atom stereocenters. The van der Waals surface area contributed by atoms with Gasteiger partial charge in [-0.25, -0.2) is 0 Å². The molecule has 0 aromatic rings. The Hall–Kier alpha value is -0.990. The van der Waals surface area contributed by atoms with Crippen LogP contribution in [0.1, 0.15) is 61.3 Å². The fourth-order valence-electron chi connectivity index (χ4n) is 2.74.